The van der Waals surface area contributed by atoms with E-state index in [2.05, 4.69) is 11.9 Å². The van der Waals surface area contributed by atoms with Crippen LogP contribution in [-0.2, 0) is 14.6 Å². The van der Waals surface area contributed by atoms with Gasteiger partial charge in [-0.15, -0.1) is 0 Å². The summed E-state index contributed by atoms with van der Waals surface area (Å²) >= 11 is 0. The molecule has 2 heterocycles. The fraction of sp³-hybridized carbons (Fsp3) is 0.917. The Kier molecular flexibility index (Phi) is 4.27. The van der Waals surface area contributed by atoms with Crippen LogP contribution in [0.3, 0.4) is 0 Å². The van der Waals surface area contributed by atoms with E-state index in [1.807, 2.05) is 4.90 Å². The minimum Gasteiger partial charge on any atom is -0.340 e. The Morgan fingerprint density at radius 3 is 2.22 bits per heavy atom. The molecule has 0 aromatic heterocycles. The van der Waals surface area contributed by atoms with Gasteiger partial charge in [-0.3, -0.25) is 4.79 Å². The molecule has 5 nitrogen and oxygen atoms in total. The predicted molar refractivity (Wildman–Crippen MR) is 70.1 cm³/mol. The Balaban J connectivity index is 1.78. The molecule has 2 aliphatic rings. The predicted octanol–water partition coefficient (Wildman–Crippen LogP) is -0.0247. The number of carbonyl (C=O) groups excluding carboxylic acids is 1. The number of hydrogen-bond acceptors (Lipinski definition) is 4. The van der Waals surface area contributed by atoms with Crippen LogP contribution in [0.4, 0.5) is 0 Å². The summed E-state index contributed by atoms with van der Waals surface area (Å²) in [6.07, 6.45) is 1.84. The van der Waals surface area contributed by atoms with E-state index in [1.165, 1.54) is 0 Å². The van der Waals surface area contributed by atoms with Gasteiger partial charge in [0.1, 0.15) is 9.84 Å². The zero-order valence-corrected chi connectivity index (χ0v) is 11.8. The first-order chi connectivity index (χ1) is 8.46. The molecule has 1 amide bonds. The lowest BCUT2D eigenvalue weighted by Gasteiger charge is -2.33. The third-order valence-corrected chi connectivity index (χ3v) is 5.71. The second kappa shape index (κ2) is 5.57. The molecule has 2 fully saturated rings. The molecule has 0 aromatic rings. The van der Waals surface area contributed by atoms with Crippen molar-refractivity contribution in [3.63, 3.8) is 0 Å². The van der Waals surface area contributed by atoms with E-state index in [0.29, 0.717) is 19.3 Å². The van der Waals surface area contributed by atoms with Crippen molar-refractivity contribution in [1.29, 1.82) is 0 Å². The van der Waals surface area contributed by atoms with E-state index in [0.717, 1.165) is 26.2 Å². The molecule has 18 heavy (non-hydrogen) atoms. The highest BCUT2D eigenvalue weighted by Crippen LogP contribution is 2.22. The first kappa shape index (κ1) is 13.8. The van der Waals surface area contributed by atoms with Crippen molar-refractivity contribution in [2.24, 2.45) is 5.92 Å². The van der Waals surface area contributed by atoms with Gasteiger partial charge in [0.25, 0.3) is 0 Å². The molecule has 2 saturated heterocycles. The third kappa shape index (κ3) is 3.68. The lowest BCUT2D eigenvalue weighted by molar-refractivity contribution is -0.133. The van der Waals surface area contributed by atoms with Gasteiger partial charge in [0.15, 0.2) is 0 Å². The Morgan fingerprint density at radius 2 is 1.67 bits per heavy atom. The summed E-state index contributed by atoms with van der Waals surface area (Å²) in [6.45, 7) is 3.48. The molecule has 0 N–H and O–H groups in total. The van der Waals surface area contributed by atoms with Crippen molar-refractivity contribution in [3.8, 4) is 0 Å². The number of sulfone groups is 1. The smallest absolute Gasteiger partial charge is 0.222 e. The maximum Gasteiger partial charge on any atom is 0.222 e. The lowest BCUT2D eigenvalue weighted by Crippen LogP contribution is -2.47. The van der Waals surface area contributed by atoms with Crippen molar-refractivity contribution in [1.82, 2.24) is 9.80 Å². The lowest BCUT2D eigenvalue weighted by atomic mass is 9.98. The Morgan fingerprint density at radius 1 is 1.11 bits per heavy atom. The number of amides is 1. The fourth-order valence-corrected chi connectivity index (χ4v) is 4.16. The molecule has 0 saturated carbocycles. The maximum absolute atomic E-state index is 12.1. The van der Waals surface area contributed by atoms with Crippen LogP contribution in [0.15, 0.2) is 0 Å². The van der Waals surface area contributed by atoms with Crippen LogP contribution in [0.2, 0.25) is 0 Å². The minimum atomic E-state index is -2.82. The van der Waals surface area contributed by atoms with Gasteiger partial charge in [-0.25, -0.2) is 8.42 Å². The Hall–Kier alpha value is -0.620. The maximum atomic E-state index is 12.1. The Bertz CT molecular complexity index is 386. The molecule has 2 rings (SSSR count). The van der Waals surface area contributed by atoms with Crippen molar-refractivity contribution >= 4 is 15.7 Å². The first-order valence-corrected chi connectivity index (χ1v) is 8.45. The van der Waals surface area contributed by atoms with Gasteiger partial charge in [0.2, 0.25) is 5.91 Å². The van der Waals surface area contributed by atoms with E-state index in [-0.39, 0.29) is 23.3 Å². The third-order valence-electron chi connectivity index (χ3n) is 3.99. The molecule has 0 unspecified atom stereocenters. The van der Waals surface area contributed by atoms with E-state index in [1.54, 1.807) is 0 Å². The zero-order valence-electron chi connectivity index (χ0n) is 11.0. The van der Waals surface area contributed by atoms with Crippen LogP contribution < -0.4 is 0 Å². The second-order valence-corrected chi connectivity index (χ2v) is 7.79. The quantitative estimate of drug-likeness (QED) is 0.710. The van der Waals surface area contributed by atoms with E-state index >= 15 is 0 Å². The summed E-state index contributed by atoms with van der Waals surface area (Å²) < 4.78 is 22.6. The van der Waals surface area contributed by atoms with E-state index in [9.17, 15) is 13.2 Å². The number of nitrogens with zero attached hydrogens (tertiary/aromatic N) is 2. The highest BCUT2D eigenvalue weighted by atomic mass is 32.2. The summed E-state index contributed by atoms with van der Waals surface area (Å²) in [5, 5.41) is 0. The summed E-state index contributed by atoms with van der Waals surface area (Å²) in [6, 6.07) is 0. The summed E-state index contributed by atoms with van der Waals surface area (Å²) in [5.74, 6) is 0.981. The minimum absolute atomic E-state index is 0.201. The Labute approximate surface area is 109 Å². The summed E-state index contributed by atoms with van der Waals surface area (Å²) in [4.78, 5) is 16.2. The largest absolute Gasteiger partial charge is 0.340 e. The van der Waals surface area contributed by atoms with Crippen molar-refractivity contribution in [2.45, 2.75) is 19.3 Å². The van der Waals surface area contributed by atoms with Crippen molar-refractivity contribution < 1.29 is 13.2 Å². The standard InChI is InChI=1S/C12H22N2O3S/c1-13-4-6-14(7-5-13)12(15)10-11-2-8-18(16,17)9-3-11/h11H,2-10H2,1H3. The van der Waals surface area contributed by atoms with Gasteiger partial charge in [-0.2, -0.15) is 0 Å². The van der Waals surface area contributed by atoms with E-state index < -0.39 is 9.84 Å². The fourth-order valence-electron chi connectivity index (χ4n) is 2.57. The molecule has 0 bridgehead atoms. The van der Waals surface area contributed by atoms with Gasteiger partial charge in [-0.1, -0.05) is 0 Å². The van der Waals surface area contributed by atoms with Crippen LogP contribution in [0, 0.1) is 5.92 Å². The molecule has 0 aromatic carbocycles. The molecule has 104 valence electrons. The molecular formula is C12H22N2O3S. The number of piperazine rings is 1. The SMILES string of the molecule is CN1CCN(C(=O)CC2CCS(=O)(=O)CC2)CC1. The zero-order chi connectivity index (χ0) is 13.2. The monoisotopic (exact) mass is 274 g/mol. The van der Waals surface area contributed by atoms with Gasteiger partial charge >= 0.3 is 0 Å². The van der Waals surface area contributed by atoms with Crippen LogP contribution in [0.25, 0.3) is 0 Å². The molecule has 2 aliphatic heterocycles. The second-order valence-electron chi connectivity index (χ2n) is 5.48. The highest BCUT2D eigenvalue weighted by Gasteiger charge is 2.27. The number of hydrogen-bond donors (Lipinski definition) is 0. The number of likely N-dealkylation sites (N-methyl/N-ethyl adjacent to an activating group) is 1. The molecule has 0 atom stereocenters. The first-order valence-electron chi connectivity index (χ1n) is 6.63. The molecule has 6 heteroatoms. The molecule has 0 spiro atoms. The van der Waals surface area contributed by atoms with Gasteiger partial charge in [0.05, 0.1) is 11.5 Å². The average Bonchev–Trinajstić information content (AvgIpc) is 2.33. The van der Waals surface area contributed by atoms with Gasteiger partial charge in [0, 0.05) is 32.6 Å². The van der Waals surface area contributed by atoms with Gasteiger partial charge in [-0.05, 0) is 25.8 Å². The highest BCUT2D eigenvalue weighted by molar-refractivity contribution is 7.91. The molecular weight excluding hydrogens is 252 g/mol. The normalized spacial score (nSPS) is 26.2. The summed E-state index contributed by atoms with van der Waals surface area (Å²) in [7, 11) is -0.752. The number of carbonyl (C=O) groups is 1. The van der Waals surface area contributed by atoms with Crippen molar-refractivity contribution in [3.05, 3.63) is 0 Å². The topological polar surface area (TPSA) is 57.7 Å². The number of rotatable bonds is 2. The molecule has 0 aliphatic carbocycles. The van der Waals surface area contributed by atoms with Crippen molar-refractivity contribution in [2.75, 3.05) is 44.7 Å². The molecule has 0 radical (unpaired) electrons. The van der Waals surface area contributed by atoms with Crippen LogP contribution >= 0.6 is 0 Å². The van der Waals surface area contributed by atoms with Crippen LogP contribution in [-0.4, -0.2) is 68.9 Å². The van der Waals surface area contributed by atoms with Crippen LogP contribution in [0.5, 0.6) is 0 Å². The van der Waals surface area contributed by atoms with Gasteiger partial charge < -0.3 is 9.80 Å². The van der Waals surface area contributed by atoms with Crippen LogP contribution in [0.1, 0.15) is 19.3 Å². The average molecular weight is 274 g/mol. The summed E-state index contributed by atoms with van der Waals surface area (Å²) in [5.41, 5.74) is 0. The van der Waals surface area contributed by atoms with E-state index in [4.69, 9.17) is 0 Å².